The van der Waals surface area contributed by atoms with Crippen LogP contribution in [0, 0.1) is 5.41 Å². The van der Waals surface area contributed by atoms with Crippen LogP contribution in [0.2, 0.25) is 0 Å². The smallest absolute Gasteiger partial charge is 0.356 e. The highest BCUT2D eigenvalue weighted by Gasteiger charge is 2.30. The molecule has 100 valence electrons. The molecule has 1 unspecified atom stereocenters. The molecule has 0 saturated heterocycles. The summed E-state index contributed by atoms with van der Waals surface area (Å²) >= 11 is 0. The highest BCUT2D eigenvalue weighted by Crippen LogP contribution is 2.30. The molecule has 2 heterocycles. The van der Waals surface area contributed by atoms with E-state index < -0.39 is 5.97 Å². The van der Waals surface area contributed by atoms with Gasteiger partial charge in [-0.15, -0.1) is 0 Å². The Bertz CT molecular complexity index is 471. The molecule has 1 aliphatic heterocycles. The first-order chi connectivity index (χ1) is 8.29. The first-order valence-corrected chi connectivity index (χ1v) is 6.38. The summed E-state index contributed by atoms with van der Waals surface area (Å²) in [5.74, 6) is -0.124. The second-order valence-corrected chi connectivity index (χ2v) is 6.20. The lowest BCUT2D eigenvalue weighted by Crippen LogP contribution is -2.25. The molecule has 1 aliphatic rings. The molecule has 1 aromatic rings. The number of aromatic carboxylic acids is 1. The van der Waals surface area contributed by atoms with Crippen molar-refractivity contribution in [3.05, 3.63) is 17.2 Å². The van der Waals surface area contributed by atoms with Gasteiger partial charge in [-0.1, -0.05) is 20.8 Å². The maximum atomic E-state index is 11.3. The van der Waals surface area contributed by atoms with Crippen molar-refractivity contribution < 1.29 is 9.90 Å². The third-order valence-corrected chi connectivity index (χ3v) is 3.22. The van der Waals surface area contributed by atoms with Crippen LogP contribution in [-0.2, 0) is 13.0 Å². The second-order valence-electron chi connectivity index (χ2n) is 6.20. The van der Waals surface area contributed by atoms with Crippen LogP contribution >= 0.6 is 0 Å². The van der Waals surface area contributed by atoms with Crippen molar-refractivity contribution in [3.63, 3.8) is 0 Å². The first kappa shape index (κ1) is 13.1. The standard InChI is InChI=1S/C13H21N3O2/c1-13(2,3)7-9-15-10(12(17)18)11-8(14)5-4-6-16(9)11/h8H,4-7,14H2,1-3H3,(H,17,18). The van der Waals surface area contributed by atoms with Crippen molar-refractivity contribution in [2.75, 3.05) is 0 Å². The summed E-state index contributed by atoms with van der Waals surface area (Å²) in [5.41, 5.74) is 6.96. The van der Waals surface area contributed by atoms with Crippen LogP contribution in [0.15, 0.2) is 0 Å². The van der Waals surface area contributed by atoms with Gasteiger partial charge in [0.05, 0.1) is 5.69 Å². The second kappa shape index (κ2) is 4.39. The summed E-state index contributed by atoms with van der Waals surface area (Å²) in [6.07, 6.45) is 2.58. The summed E-state index contributed by atoms with van der Waals surface area (Å²) in [6.45, 7) is 7.20. The van der Waals surface area contributed by atoms with Gasteiger partial charge in [0.25, 0.3) is 0 Å². The lowest BCUT2D eigenvalue weighted by molar-refractivity contribution is 0.0688. The van der Waals surface area contributed by atoms with Crippen LogP contribution in [-0.4, -0.2) is 20.6 Å². The molecule has 5 heteroatoms. The fraction of sp³-hybridized carbons (Fsp3) is 0.692. The van der Waals surface area contributed by atoms with E-state index in [1.54, 1.807) is 0 Å². The minimum atomic E-state index is -0.976. The molecule has 0 bridgehead atoms. The van der Waals surface area contributed by atoms with E-state index in [0.717, 1.165) is 31.6 Å². The number of fused-ring (bicyclic) bond motifs is 1. The minimum Gasteiger partial charge on any atom is -0.476 e. The van der Waals surface area contributed by atoms with Crippen LogP contribution in [0.4, 0.5) is 0 Å². The number of nitrogens with zero attached hydrogens (tertiary/aromatic N) is 2. The molecule has 0 fully saturated rings. The zero-order valence-electron chi connectivity index (χ0n) is 11.2. The maximum Gasteiger partial charge on any atom is 0.356 e. The highest BCUT2D eigenvalue weighted by molar-refractivity contribution is 5.87. The number of nitrogens with two attached hydrogens (primary N) is 1. The molecule has 0 spiro atoms. The zero-order chi connectivity index (χ0) is 13.5. The van der Waals surface area contributed by atoms with E-state index >= 15 is 0 Å². The van der Waals surface area contributed by atoms with E-state index in [4.69, 9.17) is 5.73 Å². The van der Waals surface area contributed by atoms with Gasteiger partial charge in [0.15, 0.2) is 5.69 Å². The normalized spacial score (nSPS) is 19.7. The van der Waals surface area contributed by atoms with Gasteiger partial charge in [-0.2, -0.15) is 0 Å². The monoisotopic (exact) mass is 251 g/mol. The van der Waals surface area contributed by atoms with Crippen LogP contribution in [0.25, 0.3) is 0 Å². The number of imidazole rings is 1. The molecular formula is C13H21N3O2. The van der Waals surface area contributed by atoms with E-state index in [0.29, 0.717) is 5.69 Å². The molecule has 0 radical (unpaired) electrons. The number of carboxylic acids is 1. The lowest BCUT2D eigenvalue weighted by Gasteiger charge is -2.24. The van der Waals surface area contributed by atoms with Gasteiger partial charge in [-0.3, -0.25) is 0 Å². The molecule has 0 amide bonds. The number of carbonyl (C=O) groups is 1. The molecule has 1 aromatic heterocycles. The average molecular weight is 251 g/mol. The summed E-state index contributed by atoms with van der Waals surface area (Å²) in [4.78, 5) is 15.6. The number of rotatable bonds is 2. The topological polar surface area (TPSA) is 81.1 Å². The third kappa shape index (κ3) is 2.41. The van der Waals surface area contributed by atoms with Gasteiger partial charge in [-0.25, -0.2) is 9.78 Å². The number of aromatic nitrogens is 2. The Hall–Kier alpha value is -1.36. The molecule has 5 nitrogen and oxygen atoms in total. The number of hydrogen-bond acceptors (Lipinski definition) is 3. The molecule has 0 aliphatic carbocycles. The fourth-order valence-corrected chi connectivity index (χ4v) is 2.51. The summed E-state index contributed by atoms with van der Waals surface area (Å²) in [6, 6.07) is -0.203. The predicted molar refractivity (Wildman–Crippen MR) is 68.5 cm³/mol. The Morgan fingerprint density at radius 1 is 1.56 bits per heavy atom. The van der Waals surface area contributed by atoms with Crippen LogP contribution in [0.3, 0.4) is 0 Å². The quantitative estimate of drug-likeness (QED) is 0.842. The lowest BCUT2D eigenvalue weighted by atomic mass is 9.92. The number of carboxylic acid groups (broad SMARTS) is 1. The van der Waals surface area contributed by atoms with Crippen molar-refractivity contribution in [2.45, 2.75) is 52.6 Å². The third-order valence-electron chi connectivity index (χ3n) is 3.22. The Kier molecular flexibility index (Phi) is 3.19. The number of hydrogen-bond donors (Lipinski definition) is 2. The van der Waals surface area contributed by atoms with Gasteiger partial charge < -0.3 is 15.4 Å². The maximum absolute atomic E-state index is 11.3. The van der Waals surface area contributed by atoms with Gasteiger partial charge in [0, 0.05) is 19.0 Å². The van der Waals surface area contributed by atoms with E-state index in [-0.39, 0.29) is 17.2 Å². The van der Waals surface area contributed by atoms with Crippen molar-refractivity contribution in [2.24, 2.45) is 11.1 Å². The summed E-state index contributed by atoms with van der Waals surface area (Å²) in [7, 11) is 0. The van der Waals surface area contributed by atoms with Crippen LogP contribution in [0.1, 0.15) is 61.7 Å². The van der Waals surface area contributed by atoms with Crippen LogP contribution in [0.5, 0.6) is 0 Å². The molecule has 18 heavy (non-hydrogen) atoms. The van der Waals surface area contributed by atoms with Crippen molar-refractivity contribution in [1.29, 1.82) is 0 Å². The Labute approximate surface area is 107 Å². The molecule has 0 saturated carbocycles. The largest absolute Gasteiger partial charge is 0.476 e. The zero-order valence-corrected chi connectivity index (χ0v) is 11.2. The Balaban J connectivity index is 2.49. The van der Waals surface area contributed by atoms with Gasteiger partial charge in [0.1, 0.15) is 5.82 Å². The van der Waals surface area contributed by atoms with Gasteiger partial charge in [0.2, 0.25) is 0 Å². The predicted octanol–water partition coefficient (Wildman–Crippen LogP) is 1.96. The minimum absolute atomic E-state index is 0.0828. The first-order valence-electron chi connectivity index (χ1n) is 6.38. The van der Waals surface area contributed by atoms with E-state index in [2.05, 4.69) is 25.8 Å². The van der Waals surface area contributed by atoms with Crippen molar-refractivity contribution in [1.82, 2.24) is 9.55 Å². The molecule has 2 rings (SSSR count). The van der Waals surface area contributed by atoms with Crippen molar-refractivity contribution >= 4 is 5.97 Å². The SMILES string of the molecule is CC(C)(C)Cc1nc(C(=O)O)c2n1CCCC2N. The highest BCUT2D eigenvalue weighted by atomic mass is 16.4. The van der Waals surface area contributed by atoms with E-state index in [9.17, 15) is 9.90 Å². The van der Waals surface area contributed by atoms with Crippen molar-refractivity contribution in [3.8, 4) is 0 Å². The Morgan fingerprint density at radius 2 is 2.22 bits per heavy atom. The summed E-state index contributed by atoms with van der Waals surface area (Å²) < 4.78 is 2.02. The molecular weight excluding hydrogens is 230 g/mol. The van der Waals surface area contributed by atoms with Gasteiger partial charge in [-0.05, 0) is 18.3 Å². The fourth-order valence-electron chi connectivity index (χ4n) is 2.51. The Morgan fingerprint density at radius 3 is 2.78 bits per heavy atom. The average Bonchev–Trinajstić information content (AvgIpc) is 2.56. The molecule has 0 aromatic carbocycles. The van der Waals surface area contributed by atoms with E-state index in [1.807, 2.05) is 4.57 Å². The van der Waals surface area contributed by atoms with E-state index in [1.165, 1.54) is 0 Å². The molecule has 3 N–H and O–H groups in total. The van der Waals surface area contributed by atoms with Gasteiger partial charge >= 0.3 is 5.97 Å². The molecule has 1 atom stereocenters. The van der Waals surface area contributed by atoms with Crippen LogP contribution < -0.4 is 5.73 Å². The summed E-state index contributed by atoms with van der Waals surface area (Å²) in [5, 5.41) is 9.24.